The van der Waals surface area contributed by atoms with Crippen LogP contribution in [0.25, 0.3) is 0 Å². The minimum atomic E-state index is -0.590. The van der Waals surface area contributed by atoms with Gasteiger partial charge in [0.15, 0.2) is 0 Å². The molecule has 0 aromatic heterocycles. The molecule has 2 N–H and O–H groups in total. The van der Waals surface area contributed by atoms with Crippen LogP contribution in [0.15, 0.2) is 0 Å². The molecule has 0 saturated carbocycles. The second-order valence-electron chi connectivity index (χ2n) is 2.01. The van der Waals surface area contributed by atoms with Crippen LogP contribution in [0.2, 0.25) is 3.67 Å². The number of primary amides is 1. The molecule has 8 heavy (non-hydrogen) atoms. The van der Waals surface area contributed by atoms with Gasteiger partial charge in [-0.2, -0.15) is 0 Å². The molecule has 3 heteroatoms. The van der Waals surface area contributed by atoms with E-state index in [4.69, 9.17) is 5.73 Å². The number of hydrogen-bond donors (Lipinski definition) is 1. The van der Waals surface area contributed by atoms with Gasteiger partial charge in [-0.15, -0.1) is 0 Å². The Balaban J connectivity index is 2.48. The fraction of sp³-hybridized carbons (Fsp3) is 0.600. The van der Waals surface area contributed by atoms with E-state index in [2.05, 4.69) is 3.76 Å². The van der Waals surface area contributed by atoms with Gasteiger partial charge in [0.25, 0.3) is 0 Å². The van der Waals surface area contributed by atoms with Crippen molar-refractivity contribution in [1.29, 1.82) is 0 Å². The Morgan fingerprint density at radius 2 is 2.62 bits per heavy atom. The van der Waals surface area contributed by atoms with Crippen molar-refractivity contribution in [3.63, 3.8) is 0 Å². The normalized spacial score (nSPS) is 25.2. The molecule has 0 aromatic carbocycles. The Kier molecular flexibility index (Phi) is 2.11. The first kappa shape index (κ1) is 6.33. The molecule has 0 bridgehead atoms. The molecule has 2 nitrogen and oxygen atoms in total. The van der Waals surface area contributed by atoms with Crippen molar-refractivity contribution in [2.75, 3.05) is 0 Å². The van der Waals surface area contributed by atoms with Gasteiger partial charge in [-0.1, -0.05) is 0 Å². The fourth-order valence-corrected chi connectivity index (χ4v) is 4.55. The molecule has 1 amide bonds. The monoisotopic (exact) mass is 213 g/mol. The van der Waals surface area contributed by atoms with E-state index in [0.717, 1.165) is 12.8 Å². The topological polar surface area (TPSA) is 43.1 Å². The summed E-state index contributed by atoms with van der Waals surface area (Å²) in [6, 6.07) is 0. The molecule has 0 radical (unpaired) electrons. The molecule has 1 atom stereocenters. The molecule has 1 aliphatic rings. The SMILES string of the molecule is NC(=O)[CH]1CC[CH]=[In]1. The zero-order valence-electron chi connectivity index (χ0n) is 4.63. The predicted octanol–water partition coefficient (Wildman–Crippen LogP) is -0.440. The summed E-state index contributed by atoms with van der Waals surface area (Å²) in [6.45, 7) is 0. The Morgan fingerprint density at radius 1 is 1.88 bits per heavy atom. The molecule has 1 rings (SSSR count). The van der Waals surface area contributed by atoms with E-state index in [1.165, 1.54) is 0 Å². The molecule has 1 aliphatic heterocycles. The zero-order valence-corrected chi connectivity index (χ0v) is 7.93. The quantitative estimate of drug-likeness (QED) is 0.630. The summed E-state index contributed by atoms with van der Waals surface area (Å²) in [4.78, 5) is 10.5. The molecular weight excluding hydrogens is 205 g/mol. The van der Waals surface area contributed by atoms with Crippen molar-refractivity contribution in [2.24, 2.45) is 5.73 Å². The van der Waals surface area contributed by atoms with Gasteiger partial charge in [0.1, 0.15) is 0 Å². The third kappa shape index (κ3) is 1.34. The van der Waals surface area contributed by atoms with Crippen LogP contribution < -0.4 is 5.73 Å². The number of amides is 1. The molecule has 0 aromatic rings. The second-order valence-corrected chi connectivity index (χ2v) is 6.76. The molecule has 0 fully saturated rings. The molecule has 42 valence electrons. The summed E-state index contributed by atoms with van der Waals surface area (Å²) in [5.41, 5.74) is 5.09. The molecule has 1 heterocycles. The average molecular weight is 213 g/mol. The minimum absolute atomic E-state index is 0.0556. The van der Waals surface area contributed by atoms with Crippen molar-refractivity contribution >= 4 is 32.1 Å². The summed E-state index contributed by atoms with van der Waals surface area (Å²) in [5, 5.41) is 0. The van der Waals surface area contributed by atoms with Crippen molar-refractivity contribution < 1.29 is 4.79 Å². The van der Waals surface area contributed by atoms with Gasteiger partial charge in [-0.3, -0.25) is 0 Å². The molecule has 0 aliphatic carbocycles. The number of rotatable bonds is 1. The van der Waals surface area contributed by atoms with E-state index in [1.807, 2.05) is 0 Å². The van der Waals surface area contributed by atoms with Gasteiger partial charge in [0.2, 0.25) is 0 Å². The first-order valence-corrected chi connectivity index (χ1v) is 6.57. The van der Waals surface area contributed by atoms with Crippen molar-refractivity contribution in [3.05, 3.63) is 0 Å². The van der Waals surface area contributed by atoms with E-state index in [9.17, 15) is 4.79 Å². The number of hydrogen-bond acceptors (Lipinski definition) is 1. The molecule has 0 spiro atoms. The molecule has 0 saturated heterocycles. The first-order valence-electron chi connectivity index (χ1n) is 2.76. The van der Waals surface area contributed by atoms with Crippen LogP contribution in [0, 0.1) is 0 Å². The van der Waals surface area contributed by atoms with Crippen molar-refractivity contribution in [3.8, 4) is 0 Å². The van der Waals surface area contributed by atoms with Crippen LogP contribution in [-0.4, -0.2) is 32.1 Å². The summed E-state index contributed by atoms with van der Waals surface area (Å²) < 4.78 is 2.65. The summed E-state index contributed by atoms with van der Waals surface area (Å²) in [5.74, 6) is -0.0556. The Morgan fingerprint density at radius 3 is 2.88 bits per heavy atom. The maximum atomic E-state index is 10.5. The number of carbonyl (C=O) groups is 1. The Labute approximate surface area is 59.3 Å². The van der Waals surface area contributed by atoms with Gasteiger partial charge in [0, 0.05) is 0 Å². The number of nitrogens with two attached hydrogens (primary N) is 1. The van der Waals surface area contributed by atoms with Crippen LogP contribution in [0.5, 0.6) is 0 Å². The van der Waals surface area contributed by atoms with Crippen LogP contribution in [-0.2, 0) is 4.79 Å². The van der Waals surface area contributed by atoms with Gasteiger partial charge in [0.05, 0.1) is 0 Å². The van der Waals surface area contributed by atoms with Gasteiger partial charge in [-0.25, -0.2) is 0 Å². The van der Waals surface area contributed by atoms with Gasteiger partial charge >= 0.3 is 59.1 Å². The van der Waals surface area contributed by atoms with E-state index < -0.39 is 22.4 Å². The fourth-order valence-electron chi connectivity index (χ4n) is 0.870. The van der Waals surface area contributed by atoms with Crippen LogP contribution in [0.4, 0.5) is 0 Å². The van der Waals surface area contributed by atoms with Crippen molar-refractivity contribution in [1.82, 2.24) is 0 Å². The average Bonchev–Trinajstić information content (AvgIpc) is 2.12. The Hall–Kier alpha value is 0.210. The third-order valence-electron chi connectivity index (χ3n) is 1.38. The third-order valence-corrected chi connectivity index (χ3v) is 6.32. The van der Waals surface area contributed by atoms with Crippen molar-refractivity contribution in [2.45, 2.75) is 16.5 Å². The number of carbonyl (C=O) groups excluding carboxylic acids is 1. The van der Waals surface area contributed by atoms with Crippen LogP contribution in [0.1, 0.15) is 12.8 Å². The maximum absolute atomic E-state index is 10.5. The van der Waals surface area contributed by atoms with E-state index in [-0.39, 0.29) is 5.91 Å². The Bertz CT molecular complexity index is 132. The van der Waals surface area contributed by atoms with E-state index in [0.29, 0.717) is 3.67 Å². The van der Waals surface area contributed by atoms with E-state index >= 15 is 0 Å². The summed E-state index contributed by atoms with van der Waals surface area (Å²) >= 11 is -0.590. The van der Waals surface area contributed by atoms with Gasteiger partial charge in [-0.05, 0) is 0 Å². The van der Waals surface area contributed by atoms with Crippen LogP contribution in [0.3, 0.4) is 0 Å². The van der Waals surface area contributed by atoms with Crippen LogP contribution >= 0.6 is 0 Å². The second kappa shape index (κ2) is 2.67. The summed E-state index contributed by atoms with van der Waals surface area (Å²) in [7, 11) is 0. The summed E-state index contributed by atoms with van der Waals surface area (Å²) in [6.07, 6.45) is 2.20. The zero-order chi connectivity index (χ0) is 5.98. The van der Waals surface area contributed by atoms with E-state index in [1.54, 1.807) is 0 Å². The first-order chi connectivity index (χ1) is 3.80. The predicted molar refractivity (Wildman–Crippen MR) is 34.0 cm³/mol. The molecule has 1 unspecified atom stereocenters. The van der Waals surface area contributed by atoms with Gasteiger partial charge < -0.3 is 0 Å². The standard InChI is InChI=1S/C5H8NO.In/c1-2-3-4-5(6)7;/h1,4H,2-3H2,(H2,6,7);. The molecular formula is C5H8InNO.